The van der Waals surface area contributed by atoms with Gasteiger partial charge >= 0.3 is 0 Å². The van der Waals surface area contributed by atoms with Gasteiger partial charge in [0.1, 0.15) is 18.3 Å². The van der Waals surface area contributed by atoms with Crippen molar-refractivity contribution in [1.82, 2.24) is 10.2 Å². The third-order valence-corrected chi connectivity index (χ3v) is 7.41. The summed E-state index contributed by atoms with van der Waals surface area (Å²) in [4.78, 5) is 27.8. The van der Waals surface area contributed by atoms with Crippen molar-refractivity contribution in [3.05, 3.63) is 58.1 Å². The summed E-state index contributed by atoms with van der Waals surface area (Å²) in [7, 11) is -2.33. The summed E-state index contributed by atoms with van der Waals surface area (Å²) in [5.41, 5.74) is 0.912. The van der Waals surface area contributed by atoms with E-state index in [9.17, 15) is 18.0 Å². The number of ether oxygens (including phenoxy) is 1. The van der Waals surface area contributed by atoms with Crippen molar-refractivity contribution in [1.29, 1.82) is 0 Å². The van der Waals surface area contributed by atoms with E-state index in [0.717, 1.165) is 22.5 Å². The van der Waals surface area contributed by atoms with Gasteiger partial charge < -0.3 is 15.0 Å². The van der Waals surface area contributed by atoms with E-state index >= 15 is 0 Å². The topological polar surface area (TPSA) is 96.0 Å². The second kappa shape index (κ2) is 12.5. The van der Waals surface area contributed by atoms with Gasteiger partial charge in [-0.2, -0.15) is 0 Å². The normalized spacial score (nSPS) is 13.0. The van der Waals surface area contributed by atoms with Crippen LogP contribution in [0.4, 0.5) is 5.69 Å². The molecule has 1 N–H and O–H groups in total. The maximum absolute atomic E-state index is 13.5. The molecule has 0 heterocycles. The summed E-state index contributed by atoms with van der Waals surface area (Å²) >= 11 is 12.1. The molecule has 0 aliphatic carbocycles. The fraction of sp³-hybridized carbons (Fsp3) is 0.417. The fourth-order valence-corrected chi connectivity index (χ4v) is 4.40. The molecular formula is C24H31Cl2N3O5S. The third-order valence-electron chi connectivity index (χ3n) is 5.53. The molecule has 11 heteroatoms. The highest BCUT2D eigenvalue weighted by atomic mass is 35.5. The molecule has 0 radical (unpaired) electrons. The monoisotopic (exact) mass is 543 g/mol. The minimum absolute atomic E-state index is 0.0735. The first-order chi connectivity index (χ1) is 16.4. The van der Waals surface area contributed by atoms with E-state index < -0.39 is 28.5 Å². The first-order valence-electron chi connectivity index (χ1n) is 11.0. The molecule has 2 rings (SSSR count). The number of rotatable bonds is 11. The number of amides is 2. The van der Waals surface area contributed by atoms with E-state index in [1.54, 1.807) is 31.2 Å². The molecule has 0 aliphatic heterocycles. The molecule has 0 aliphatic rings. The van der Waals surface area contributed by atoms with Crippen molar-refractivity contribution in [3.63, 3.8) is 0 Å². The molecule has 0 saturated carbocycles. The van der Waals surface area contributed by atoms with Crippen LogP contribution in [0.5, 0.6) is 5.75 Å². The van der Waals surface area contributed by atoms with E-state index in [1.165, 1.54) is 30.2 Å². The number of halogens is 2. The number of anilines is 1. The van der Waals surface area contributed by atoms with Crippen LogP contribution in [0.25, 0.3) is 0 Å². The minimum atomic E-state index is -3.87. The number of nitrogens with zero attached hydrogens (tertiary/aromatic N) is 2. The predicted octanol–water partition coefficient (Wildman–Crippen LogP) is 4.10. The second-order valence-electron chi connectivity index (χ2n) is 8.24. The number of sulfonamides is 1. The molecule has 0 spiro atoms. The molecule has 35 heavy (non-hydrogen) atoms. The molecule has 0 unspecified atom stereocenters. The van der Waals surface area contributed by atoms with E-state index in [-0.39, 0.29) is 34.2 Å². The van der Waals surface area contributed by atoms with Crippen molar-refractivity contribution in [2.75, 3.05) is 24.2 Å². The van der Waals surface area contributed by atoms with Crippen LogP contribution in [-0.4, -0.2) is 57.1 Å². The molecule has 0 saturated heterocycles. The van der Waals surface area contributed by atoms with Crippen LogP contribution in [0.1, 0.15) is 32.8 Å². The van der Waals surface area contributed by atoms with E-state index in [0.29, 0.717) is 5.75 Å². The van der Waals surface area contributed by atoms with Crippen molar-refractivity contribution in [2.45, 2.75) is 45.8 Å². The first kappa shape index (κ1) is 28.7. The minimum Gasteiger partial charge on any atom is -0.497 e. The molecule has 192 valence electrons. The van der Waals surface area contributed by atoms with Gasteiger partial charge in [0.2, 0.25) is 21.8 Å². The van der Waals surface area contributed by atoms with Crippen LogP contribution in [-0.2, 0) is 26.2 Å². The van der Waals surface area contributed by atoms with Crippen LogP contribution in [0.3, 0.4) is 0 Å². The highest BCUT2D eigenvalue weighted by Gasteiger charge is 2.30. The van der Waals surface area contributed by atoms with Crippen LogP contribution < -0.4 is 14.4 Å². The Labute approximate surface area is 217 Å². The largest absolute Gasteiger partial charge is 0.497 e. The molecule has 2 aromatic rings. The van der Waals surface area contributed by atoms with Gasteiger partial charge in [0, 0.05) is 12.6 Å². The summed E-state index contributed by atoms with van der Waals surface area (Å²) in [6.45, 7) is 4.97. The van der Waals surface area contributed by atoms with Crippen LogP contribution >= 0.6 is 23.2 Å². The van der Waals surface area contributed by atoms with Gasteiger partial charge in [-0.1, -0.05) is 42.3 Å². The van der Waals surface area contributed by atoms with Crippen molar-refractivity contribution in [3.8, 4) is 5.75 Å². The van der Waals surface area contributed by atoms with Crippen LogP contribution in [0, 0.1) is 0 Å². The number of carbonyl (C=O) groups is 2. The average Bonchev–Trinajstić information content (AvgIpc) is 2.81. The zero-order valence-electron chi connectivity index (χ0n) is 20.4. The highest BCUT2D eigenvalue weighted by molar-refractivity contribution is 7.92. The second-order valence-corrected chi connectivity index (χ2v) is 11.0. The molecule has 0 aromatic heterocycles. The summed E-state index contributed by atoms with van der Waals surface area (Å²) < 4.78 is 31.4. The fourth-order valence-electron chi connectivity index (χ4n) is 3.27. The van der Waals surface area contributed by atoms with Gasteiger partial charge in [-0.15, -0.1) is 0 Å². The number of benzene rings is 2. The summed E-state index contributed by atoms with van der Waals surface area (Å²) in [6.07, 6.45) is 1.72. The van der Waals surface area contributed by atoms with Gasteiger partial charge in [-0.25, -0.2) is 8.42 Å². The average molecular weight is 545 g/mol. The van der Waals surface area contributed by atoms with Crippen LogP contribution in [0.15, 0.2) is 42.5 Å². The Hall–Kier alpha value is -2.49. The standard InChI is InChI=1S/C24H31Cl2N3O5S/c1-6-16(2)27-24(31)17(3)28(14-18-8-7-9-20(12-18)34-4)23(30)15-29(35(5,32)33)19-10-11-21(25)22(26)13-19/h7-13,16-17H,6,14-15H2,1-5H3,(H,27,31)/t16-,17+/m0/s1. The lowest BCUT2D eigenvalue weighted by molar-refractivity contribution is -0.139. The van der Waals surface area contributed by atoms with Gasteiger partial charge in [0.05, 0.1) is 29.1 Å². The highest BCUT2D eigenvalue weighted by Crippen LogP contribution is 2.28. The van der Waals surface area contributed by atoms with Gasteiger partial charge in [0.25, 0.3) is 0 Å². The molecule has 8 nitrogen and oxygen atoms in total. The summed E-state index contributed by atoms with van der Waals surface area (Å²) in [5, 5.41) is 3.29. The number of hydrogen-bond donors (Lipinski definition) is 1. The number of methoxy groups -OCH3 is 1. The Balaban J connectivity index is 2.42. The van der Waals surface area contributed by atoms with Gasteiger partial charge in [0.15, 0.2) is 0 Å². The molecular weight excluding hydrogens is 513 g/mol. The SMILES string of the molecule is CC[C@H](C)NC(=O)[C@@H](C)N(Cc1cccc(OC)c1)C(=O)CN(c1ccc(Cl)c(Cl)c1)S(C)(=O)=O. The molecule has 2 atom stereocenters. The Morgan fingerprint density at radius 3 is 2.34 bits per heavy atom. The first-order valence-corrected chi connectivity index (χ1v) is 13.6. The van der Waals surface area contributed by atoms with E-state index in [1.807, 2.05) is 13.8 Å². The molecule has 2 aromatic carbocycles. The van der Waals surface area contributed by atoms with E-state index in [2.05, 4.69) is 5.32 Å². The zero-order valence-corrected chi connectivity index (χ0v) is 22.7. The zero-order chi connectivity index (χ0) is 26.3. The molecule has 0 fully saturated rings. The van der Waals surface area contributed by atoms with Gasteiger partial charge in [-0.3, -0.25) is 13.9 Å². The lowest BCUT2D eigenvalue weighted by atomic mass is 10.1. The Morgan fingerprint density at radius 1 is 1.09 bits per heavy atom. The maximum Gasteiger partial charge on any atom is 0.244 e. The van der Waals surface area contributed by atoms with E-state index in [4.69, 9.17) is 27.9 Å². The lowest BCUT2D eigenvalue weighted by Gasteiger charge is -2.32. The Bertz CT molecular complexity index is 1160. The third kappa shape index (κ3) is 8.02. The quantitative estimate of drug-likeness (QED) is 0.460. The lowest BCUT2D eigenvalue weighted by Crippen LogP contribution is -2.52. The molecule has 2 amide bonds. The van der Waals surface area contributed by atoms with Crippen LogP contribution in [0.2, 0.25) is 10.0 Å². The van der Waals surface area contributed by atoms with Gasteiger partial charge in [-0.05, 0) is 56.2 Å². The number of hydrogen-bond acceptors (Lipinski definition) is 5. The predicted molar refractivity (Wildman–Crippen MR) is 140 cm³/mol. The van der Waals surface area contributed by atoms with Crippen molar-refractivity contribution >= 4 is 50.7 Å². The number of nitrogens with one attached hydrogen (secondary N) is 1. The Morgan fingerprint density at radius 2 is 1.77 bits per heavy atom. The summed E-state index contributed by atoms with van der Waals surface area (Å²) in [6, 6.07) is 10.5. The van der Waals surface area contributed by atoms with Crippen molar-refractivity contribution < 1.29 is 22.7 Å². The number of carbonyl (C=O) groups excluding carboxylic acids is 2. The van der Waals surface area contributed by atoms with Crippen molar-refractivity contribution in [2.24, 2.45) is 0 Å². The summed E-state index contributed by atoms with van der Waals surface area (Å²) in [5.74, 6) is -0.299. The molecule has 0 bridgehead atoms. The maximum atomic E-state index is 13.5. The smallest absolute Gasteiger partial charge is 0.244 e. The Kier molecular flexibility index (Phi) is 10.2.